The molecule has 1 atom stereocenters. The van der Waals surface area contributed by atoms with Crippen LogP contribution in [0, 0.1) is 6.92 Å². The smallest absolute Gasteiger partial charge is 0.202 e. The van der Waals surface area contributed by atoms with E-state index in [1.54, 1.807) is 0 Å². The highest BCUT2D eigenvalue weighted by molar-refractivity contribution is 5.30. The fourth-order valence-electron chi connectivity index (χ4n) is 2.77. The Kier molecular flexibility index (Phi) is 5.39. The lowest BCUT2D eigenvalue weighted by Gasteiger charge is -2.30. The first-order valence-electron chi connectivity index (χ1n) is 7.68. The van der Waals surface area contributed by atoms with Crippen molar-refractivity contribution in [3.63, 3.8) is 0 Å². The first-order valence-corrected chi connectivity index (χ1v) is 7.68. The minimum absolute atomic E-state index is 0.359. The Morgan fingerprint density at radius 2 is 1.86 bits per heavy atom. The zero-order valence-corrected chi connectivity index (χ0v) is 13.5. The van der Waals surface area contributed by atoms with Gasteiger partial charge in [-0.1, -0.05) is 44.2 Å². The lowest BCUT2D eigenvalue weighted by Crippen LogP contribution is -2.33. The summed E-state index contributed by atoms with van der Waals surface area (Å²) >= 11 is 0. The molecule has 0 spiro atoms. The molecule has 0 aliphatic rings. The Labute approximate surface area is 127 Å². The molecule has 2 rings (SSSR count). The summed E-state index contributed by atoms with van der Waals surface area (Å²) in [6.07, 6.45) is 2.04. The second-order valence-electron chi connectivity index (χ2n) is 5.35. The third kappa shape index (κ3) is 3.85. The topological polar surface area (TPSA) is 33.1 Å². The van der Waals surface area contributed by atoms with E-state index in [9.17, 15) is 0 Å². The number of benzene rings is 1. The maximum atomic E-state index is 4.52. The van der Waals surface area contributed by atoms with Crippen LogP contribution in [0.4, 0.5) is 5.95 Å². The molecule has 1 unspecified atom stereocenters. The average Bonchev–Trinajstić information content (AvgIpc) is 2.82. The predicted octanol–water partition coefficient (Wildman–Crippen LogP) is 3.22. The minimum Gasteiger partial charge on any atom is -0.354 e. The van der Waals surface area contributed by atoms with Gasteiger partial charge in [-0.3, -0.25) is 4.90 Å². The lowest BCUT2D eigenvalue weighted by atomic mass is 10.1. The molecule has 0 saturated carbocycles. The molecule has 0 saturated heterocycles. The fourth-order valence-corrected chi connectivity index (χ4v) is 2.77. The molecule has 2 aromatic rings. The van der Waals surface area contributed by atoms with Gasteiger partial charge < -0.3 is 9.88 Å². The van der Waals surface area contributed by atoms with Crippen molar-refractivity contribution in [3.05, 3.63) is 47.8 Å². The molecule has 0 fully saturated rings. The quantitative estimate of drug-likeness (QED) is 0.848. The van der Waals surface area contributed by atoms with Crippen LogP contribution in [-0.2, 0) is 7.05 Å². The van der Waals surface area contributed by atoms with Crippen LogP contribution in [0.2, 0.25) is 0 Å². The molecule has 0 bridgehead atoms. The molecule has 0 radical (unpaired) electrons. The molecular formula is C17H26N4. The predicted molar refractivity (Wildman–Crippen MR) is 88.5 cm³/mol. The second kappa shape index (κ2) is 7.27. The van der Waals surface area contributed by atoms with Crippen molar-refractivity contribution in [3.8, 4) is 0 Å². The maximum absolute atomic E-state index is 4.52. The van der Waals surface area contributed by atoms with Crippen LogP contribution in [-0.4, -0.2) is 34.1 Å². The van der Waals surface area contributed by atoms with Gasteiger partial charge in [0.2, 0.25) is 5.95 Å². The summed E-state index contributed by atoms with van der Waals surface area (Å²) in [6, 6.07) is 11.0. The Morgan fingerprint density at radius 3 is 2.38 bits per heavy atom. The molecule has 114 valence electrons. The summed E-state index contributed by atoms with van der Waals surface area (Å²) in [5.74, 6) is 0.931. The van der Waals surface area contributed by atoms with Crippen LogP contribution < -0.4 is 5.32 Å². The number of imidazole rings is 1. The molecule has 4 nitrogen and oxygen atoms in total. The number of anilines is 1. The van der Waals surface area contributed by atoms with Gasteiger partial charge in [-0.25, -0.2) is 4.98 Å². The van der Waals surface area contributed by atoms with Crippen molar-refractivity contribution in [2.24, 2.45) is 7.05 Å². The molecule has 0 amide bonds. The van der Waals surface area contributed by atoms with E-state index in [2.05, 4.69) is 59.4 Å². The SMILES string of the molecule is CCN(CC)C(CNc1nc(C)cn1C)c1ccccc1. The summed E-state index contributed by atoms with van der Waals surface area (Å²) in [6.45, 7) is 9.38. The van der Waals surface area contributed by atoms with Crippen molar-refractivity contribution >= 4 is 5.95 Å². The third-order valence-electron chi connectivity index (χ3n) is 3.89. The van der Waals surface area contributed by atoms with E-state index in [4.69, 9.17) is 0 Å². The first kappa shape index (κ1) is 15.6. The van der Waals surface area contributed by atoms with E-state index >= 15 is 0 Å². The lowest BCUT2D eigenvalue weighted by molar-refractivity contribution is 0.228. The van der Waals surface area contributed by atoms with E-state index in [-0.39, 0.29) is 0 Å². The molecular weight excluding hydrogens is 260 g/mol. The maximum Gasteiger partial charge on any atom is 0.202 e. The van der Waals surface area contributed by atoms with E-state index < -0.39 is 0 Å². The molecule has 21 heavy (non-hydrogen) atoms. The Balaban J connectivity index is 2.14. The summed E-state index contributed by atoms with van der Waals surface area (Å²) in [7, 11) is 2.03. The number of rotatable bonds is 7. The molecule has 1 heterocycles. The van der Waals surface area contributed by atoms with Crippen LogP contribution in [0.25, 0.3) is 0 Å². The Morgan fingerprint density at radius 1 is 1.19 bits per heavy atom. The van der Waals surface area contributed by atoms with Crippen LogP contribution in [0.15, 0.2) is 36.5 Å². The Hall–Kier alpha value is -1.81. The number of nitrogens with one attached hydrogen (secondary N) is 1. The number of hydrogen-bond donors (Lipinski definition) is 1. The first-order chi connectivity index (χ1) is 10.2. The summed E-state index contributed by atoms with van der Waals surface area (Å²) in [4.78, 5) is 6.99. The summed E-state index contributed by atoms with van der Waals surface area (Å²) in [5, 5.41) is 3.49. The van der Waals surface area contributed by atoms with Crippen LogP contribution >= 0.6 is 0 Å². The molecule has 4 heteroatoms. The Bertz CT molecular complexity index is 543. The van der Waals surface area contributed by atoms with Gasteiger partial charge in [-0.15, -0.1) is 0 Å². The number of likely N-dealkylation sites (N-methyl/N-ethyl adjacent to an activating group) is 1. The number of nitrogens with zero attached hydrogens (tertiary/aromatic N) is 3. The van der Waals surface area contributed by atoms with Gasteiger partial charge in [0.05, 0.1) is 11.7 Å². The van der Waals surface area contributed by atoms with E-state index in [1.165, 1.54) is 5.56 Å². The van der Waals surface area contributed by atoms with Gasteiger partial charge in [0.1, 0.15) is 0 Å². The van der Waals surface area contributed by atoms with Gasteiger partial charge in [-0.2, -0.15) is 0 Å². The largest absolute Gasteiger partial charge is 0.354 e. The van der Waals surface area contributed by atoms with Crippen molar-refractivity contribution < 1.29 is 0 Å². The van der Waals surface area contributed by atoms with Crippen molar-refractivity contribution in [1.29, 1.82) is 0 Å². The van der Waals surface area contributed by atoms with Crippen molar-refractivity contribution in [1.82, 2.24) is 14.5 Å². The van der Waals surface area contributed by atoms with Gasteiger partial charge >= 0.3 is 0 Å². The second-order valence-corrected chi connectivity index (χ2v) is 5.35. The highest BCUT2D eigenvalue weighted by Crippen LogP contribution is 2.21. The molecule has 0 aliphatic heterocycles. The van der Waals surface area contributed by atoms with Gasteiger partial charge in [-0.05, 0) is 25.6 Å². The zero-order chi connectivity index (χ0) is 15.2. The zero-order valence-electron chi connectivity index (χ0n) is 13.5. The van der Waals surface area contributed by atoms with Crippen LogP contribution in [0.3, 0.4) is 0 Å². The standard InChI is InChI=1S/C17H26N4/c1-5-21(6-2)16(15-10-8-7-9-11-15)12-18-17-19-14(3)13-20(17)4/h7-11,13,16H,5-6,12H2,1-4H3,(H,18,19). The molecule has 1 aromatic carbocycles. The van der Waals surface area contributed by atoms with Crippen molar-refractivity contribution in [2.45, 2.75) is 26.8 Å². The fraction of sp³-hybridized carbons (Fsp3) is 0.471. The van der Waals surface area contributed by atoms with Crippen LogP contribution in [0.1, 0.15) is 31.1 Å². The van der Waals surface area contributed by atoms with Crippen LogP contribution in [0.5, 0.6) is 0 Å². The minimum atomic E-state index is 0.359. The number of aryl methyl sites for hydroxylation is 2. The normalized spacial score (nSPS) is 12.6. The van der Waals surface area contributed by atoms with Gasteiger partial charge in [0.15, 0.2) is 0 Å². The van der Waals surface area contributed by atoms with E-state index in [0.717, 1.165) is 31.3 Å². The summed E-state index contributed by atoms with van der Waals surface area (Å²) in [5.41, 5.74) is 2.39. The number of hydrogen-bond acceptors (Lipinski definition) is 3. The average molecular weight is 286 g/mol. The van der Waals surface area contributed by atoms with E-state index in [1.807, 2.05) is 24.7 Å². The van der Waals surface area contributed by atoms with Gasteiger partial charge in [0.25, 0.3) is 0 Å². The molecule has 1 aromatic heterocycles. The molecule has 0 aliphatic carbocycles. The van der Waals surface area contributed by atoms with Crippen molar-refractivity contribution in [2.75, 3.05) is 25.0 Å². The third-order valence-corrected chi connectivity index (χ3v) is 3.89. The highest BCUT2D eigenvalue weighted by atomic mass is 15.2. The highest BCUT2D eigenvalue weighted by Gasteiger charge is 2.18. The monoisotopic (exact) mass is 286 g/mol. The van der Waals surface area contributed by atoms with Gasteiger partial charge in [0, 0.05) is 19.8 Å². The van der Waals surface area contributed by atoms with E-state index in [0.29, 0.717) is 6.04 Å². The molecule has 1 N–H and O–H groups in total. The number of aromatic nitrogens is 2. The summed E-state index contributed by atoms with van der Waals surface area (Å²) < 4.78 is 2.04.